The van der Waals surface area contributed by atoms with Gasteiger partial charge >= 0.3 is 6.09 Å². The van der Waals surface area contributed by atoms with Crippen LogP contribution < -0.4 is 5.73 Å². The Kier molecular flexibility index (Phi) is 3.02. The summed E-state index contributed by atoms with van der Waals surface area (Å²) in [6.07, 6.45) is 3.56. The molecule has 1 aliphatic heterocycles. The van der Waals surface area contributed by atoms with Gasteiger partial charge in [-0.05, 0) is 17.4 Å². The molecule has 3 rings (SSSR count). The third-order valence-corrected chi connectivity index (χ3v) is 3.65. The van der Waals surface area contributed by atoms with Crippen LogP contribution in [0.1, 0.15) is 12.0 Å². The maximum absolute atomic E-state index is 10.9. The Morgan fingerprint density at radius 3 is 2.70 bits per heavy atom. The molecule has 0 spiro atoms. The maximum Gasteiger partial charge on any atom is 0.407 e. The summed E-state index contributed by atoms with van der Waals surface area (Å²) in [6, 6.07) is 7.88. The zero-order valence-corrected chi connectivity index (χ0v) is 10.9. The highest BCUT2D eigenvalue weighted by atomic mass is 16.4. The monoisotopic (exact) mass is 269 g/mol. The normalized spacial score (nSPS) is 15.2. The van der Waals surface area contributed by atoms with Crippen LogP contribution in [0, 0.1) is 0 Å². The van der Waals surface area contributed by atoms with Crippen molar-refractivity contribution in [3.8, 4) is 0 Å². The van der Waals surface area contributed by atoms with Gasteiger partial charge in [0, 0.05) is 30.2 Å². The van der Waals surface area contributed by atoms with E-state index in [1.165, 1.54) is 4.90 Å². The number of carbonyl (C=O) groups is 1. The van der Waals surface area contributed by atoms with E-state index in [4.69, 9.17) is 10.8 Å². The van der Waals surface area contributed by atoms with Gasteiger partial charge in [-0.3, -0.25) is 0 Å². The molecule has 0 radical (unpaired) electrons. The lowest BCUT2D eigenvalue weighted by Crippen LogP contribution is -2.33. The third-order valence-electron chi connectivity index (χ3n) is 3.65. The molecule has 0 atom stereocenters. The number of rotatable bonds is 1. The number of hydrogen-bond acceptors (Lipinski definition) is 3. The molecule has 2 aromatic rings. The summed E-state index contributed by atoms with van der Waals surface area (Å²) < 4.78 is 0. The van der Waals surface area contributed by atoms with Crippen molar-refractivity contribution < 1.29 is 9.90 Å². The van der Waals surface area contributed by atoms with Gasteiger partial charge < -0.3 is 15.7 Å². The SMILES string of the molecule is Nc1ncc(C2=CCN(C(=O)O)CC2)c2ccccc12. The quantitative estimate of drug-likeness (QED) is 0.834. The molecular weight excluding hydrogens is 254 g/mol. The first-order chi connectivity index (χ1) is 9.66. The number of hydrogen-bond donors (Lipinski definition) is 2. The molecule has 0 unspecified atom stereocenters. The number of amides is 1. The first kappa shape index (κ1) is 12.5. The smallest absolute Gasteiger partial charge is 0.407 e. The summed E-state index contributed by atoms with van der Waals surface area (Å²) >= 11 is 0. The molecule has 1 aliphatic rings. The van der Waals surface area contributed by atoms with Crippen LogP contribution in [-0.4, -0.2) is 34.2 Å². The summed E-state index contributed by atoms with van der Waals surface area (Å²) in [4.78, 5) is 16.6. The number of pyridine rings is 1. The number of nitrogen functional groups attached to an aromatic ring is 1. The highest BCUT2D eigenvalue weighted by Gasteiger charge is 2.18. The molecule has 1 aromatic heterocycles. The van der Waals surface area contributed by atoms with Crippen LogP contribution in [0.2, 0.25) is 0 Å². The van der Waals surface area contributed by atoms with Crippen LogP contribution >= 0.6 is 0 Å². The number of benzene rings is 1. The summed E-state index contributed by atoms with van der Waals surface area (Å²) in [5, 5.41) is 11.0. The molecule has 1 amide bonds. The Morgan fingerprint density at radius 1 is 1.30 bits per heavy atom. The van der Waals surface area contributed by atoms with Crippen LogP contribution in [-0.2, 0) is 0 Å². The van der Waals surface area contributed by atoms with E-state index in [1.807, 2.05) is 30.3 Å². The van der Waals surface area contributed by atoms with Crippen molar-refractivity contribution in [3.05, 3.63) is 42.1 Å². The van der Waals surface area contributed by atoms with Gasteiger partial charge in [-0.2, -0.15) is 0 Å². The number of aromatic nitrogens is 1. The molecule has 5 nitrogen and oxygen atoms in total. The van der Waals surface area contributed by atoms with Crippen LogP contribution in [0.15, 0.2) is 36.5 Å². The second kappa shape index (κ2) is 4.85. The molecule has 2 heterocycles. The van der Waals surface area contributed by atoms with Gasteiger partial charge in [0.1, 0.15) is 5.82 Å². The van der Waals surface area contributed by atoms with Gasteiger partial charge in [-0.1, -0.05) is 30.3 Å². The molecule has 102 valence electrons. The van der Waals surface area contributed by atoms with Crippen molar-refractivity contribution in [3.63, 3.8) is 0 Å². The zero-order valence-electron chi connectivity index (χ0n) is 10.9. The van der Waals surface area contributed by atoms with E-state index in [0.29, 0.717) is 25.3 Å². The number of fused-ring (bicyclic) bond motifs is 1. The second-order valence-corrected chi connectivity index (χ2v) is 4.81. The molecular formula is C15H15N3O2. The summed E-state index contributed by atoms with van der Waals surface area (Å²) in [5.41, 5.74) is 8.07. The van der Waals surface area contributed by atoms with Gasteiger partial charge in [0.25, 0.3) is 0 Å². The standard InChI is InChI=1S/C15H15N3O2/c16-14-12-4-2-1-3-11(12)13(9-17-14)10-5-7-18(8-6-10)15(19)20/h1-5,9H,6-8H2,(H2,16,17)(H,19,20). The molecule has 3 N–H and O–H groups in total. The van der Waals surface area contributed by atoms with Crippen molar-refractivity contribution >= 4 is 28.3 Å². The van der Waals surface area contributed by atoms with Crippen molar-refractivity contribution in [2.45, 2.75) is 6.42 Å². The van der Waals surface area contributed by atoms with E-state index < -0.39 is 6.09 Å². The fourth-order valence-electron chi connectivity index (χ4n) is 2.56. The van der Waals surface area contributed by atoms with E-state index in [9.17, 15) is 4.79 Å². The predicted octanol–water partition coefficient (Wildman–Crippen LogP) is 2.58. The first-order valence-electron chi connectivity index (χ1n) is 6.47. The van der Waals surface area contributed by atoms with Gasteiger partial charge in [-0.15, -0.1) is 0 Å². The van der Waals surface area contributed by atoms with E-state index in [1.54, 1.807) is 6.20 Å². The Hall–Kier alpha value is -2.56. The third kappa shape index (κ3) is 2.07. The van der Waals surface area contributed by atoms with Gasteiger partial charge in [0.05, 0.1) is 0 Å². The first-order valence-corrected chi connectivity index (χ1v) is 6.47. The van der Waals surface area contributed by atoms with Crippen LogP contribution in [0.4, 0.5) is 10.6 Å². The Labute approximate surface area is 116 Å². The maximum atomic E-state index is 10.9. The van der Waals surface area contributed by atoms with Crippen molar-refractivity contribution in [2.75, 3.05) is 18.8 Å². The summed E-state index contributed by atoms with van der Waals surface area (Å²) in [5.74, 6) is 0.521. The minimum Gasteiger partial charge on any atom is -0.465 e. The number of nitrogens with zero attached hydrogens (tertiary/aromatic N) is 2. The lowest BCUT2D eigenvalue weighted by molar-refractivity contribution is 0.150. The summed E-state index contributed by atoms with van der Waals surface area (Å²) in [6.45, 7) is 0.934. The lowest BCUT2D eigenvalue weighted by atomic mass is 9.96. The molecule has 0 fully saturated rings. The molecule has 5 heteroatoms. The average molecular weight is 269 g/mol. The van der Waals surface area contributed by atoms with E-state index in [-0.39, 0.29) is 0 Å². The van der Waals surface area contributed by atoms with Crippen LogP contribution in [0.5, 0.6) is 0 Å². The Bertz CT molecular complexity index is 709. The number of nitrogens with two attached hydrogens (primary N) is 1. The zero-order chi connectivity index (χ0) is 14.1. The number of anilines is 1. The predicted molar refractivity (Wildman–Crippen MR) is 78.3 cm³/mol. The molecule has 1 aromatic carbocycles. The van der Waals surface area contributed by atoms with Gasteiger partial charge in [-0.25, -0.2) is 9.78 Å². The minimum atomic E-state index is -0.874. The lowest BCUT2D eigenvalue weighted by Gasteiger charge is -2.24. The highest BCUT2D eigenvalue weighted by Crippen LogP contribution is 2.30. The highest BCUT2D eigenvalue weighted by molar-refractivity contribution is 5.98. The molecule has 0 saturated heterocycles. The topological polar surface area (TPSA) is 79.5 Å². The fourth-order valence-corrected chi connectivity index (χ4v) is 2.56. The fraction of sp³-hybridized carbons (Fsp3) is 0.200. The van der Waals surface area contributed by atoms with E-state index in [0.717, 1.165) is 21.9 Å². The number of carboxylic acid groups (broad SMARTS) is 1. The van der Waals surface area contributed by atoms with E-state index >= 15 is 0 Å². The molecule has 0 bridgehead atoms. The average Bonchev–Trinajstić information content (AvgIpc) is 2.48. The molecule has 0 saturated carbocycles. The van der Waals surface area contributed by atoms with Crippen molar-refractivity contribution in [1.82, 2.24) is 9.88 Å². The Morgan fingerprint density at radius 2 is 2.05 bits per heavy atom. The second-order valence-electron chi connectivity index (χ2n) is 4.81. The van der Waals surface area contributed by atoms with Crippen LogP contribution in [0.25, 0.3) is 16.3 Å². The summed E-state index contributed by atoms with van der Waals surface area (Å²) in [7, 11) is 0. The van der Waals surface area contributed by atoms with Gasteiger partial charge in [0.15, 0.2) is 0 Å². The van der Waals surface area contributed by atoms with E-state index in [2.05, 4.69) is 4.98 Å². The molecule has 20 heavy (non-hydrogen) atoms. The molecule has 0 aliphatic carbocycles. The minimum absolute atomic E-state index is 0.420. The van der Waals surface area contributed by atoms with Crippen molar-refractivity contribution in [1.29, 1.82) is 0 Å². The Balaban J connectivity index is 2.04. The van der Waals surface area contributed by atoms with Crippen molar-refractivity contribution in [2.24, 2.45) is 0 Å². The van der Waals surface area contributed by atoms with Crippen LogP contribution in [0.3, 0.4) is 0 Å². The van der Waals surface area contributed by atoms with Gasteiger partial charge in [0.2, 0.25) is 0 Å². The largest absolute Gasteiger partial charge is 0.465 e.